The fourth-order valence-corrected chi connectivity index (χ4v) is 5.04. The monoisotopic (exact) mass is 480 g/mol. The van der Waals surface area contributed by atoms with Gasteiger partial charge in [-0.25, -0.2) is 4.39 Å². The van der Waals surface area contributed by atoms with Gasteiger partial charge in [0.15, 0.2) is 0 Å². The minimum absolute atomic E-state index is 0.174. The fraction of sp³-hybridized carbons (Fsp3) is 0.346. The van der Waals surface area contributed by atoms with Crippen LogP contribution in [0.3, 0.4) is 0 Å². The molecule has 2 aromatic carbocycles. The molecule has 5 rings (SSSR count). The summed E-state index contributed by atoms with van der Waals surface area (Å²) in [6.45, 7) is 5.40. The van der Waals surface area contributed by atoms with Crippen molar-refractivity contribution in [2.24, 2.45) is 0 Å². The van der Waals surface area contributed by atoms with E-state index in [4.69, 9.17) is 11.6 Å². The number of halogens is 2. The number of hydrogen-bond donors (Lipinski definition) is 0. The van der Waals surface area contributed by atoms with Crippen LogP contribution >= 0.6 is 11.6 Å². The Bertz CT molecular complexity index is 1240. The van der Waals surface area contributed by atoms with Gasteiger partial charge in [0.05, 0.1) is 16.8 Å². The van der Waals surface area contributed by atoms with E-state index < -0.39 is 17.5 Å². The van der Waals surface area contributed by atoms with Crippen molar-refractivity contribution in [1.82, 2.24) is 9.88 Å². The van der Waals surface area contributed by atoms with E-state index in [0.29, 0.717) is 17.3 Å². The number of amides is 1. The topological polar surface area (TPSA) is 56.8 Å². The molecule has 0 radical (unpaired) electrons. The van der Waals surface area contributed by atoms with E-state index in [9.17, 15) is 14.0 Å². The number of anilines is 2. The Hall–Kier alpha value is -3.03. The van der Waals surface area contributed by atoms with E-state index in [0.717, 1.165) is 69.0 Å². The van der Waals surface area contributed by atoms with Crippen LogP contribution in [0.5, 0.6) is 0 Å². The summed E-state index contributed by atoms with van der Waals surface area (Å²) in [5.41, 5.74) is 2.82. The third kappa shape index (κ3) is 4.50. The van der Waals surface area contributed by atoms with E-state index >= 15 is 0 Å². The maximum atomic E-state index is 13.4. The van der Waals surface area contributed by atoms with Gasteiger partial charge in [0.2, 0.25) is 0 Å². The van der Waals surface area contributed by atoms with E-state index in [1.807, 2.05) is 24.4 Å². The molecule has 2 aliphatic rings. The van der Waals surface area contributed by atoms with Gasteiger partial charge in [-0.15, -0.1) is 0 Å². The van der Waals surface area contributed by atoms with Gasteiger partial charge in [-0.05, 0) is 61.9 Å². The zero-order valence-corrected chi connectivity index (χ0v) is 19.6. The molecule has 1 aromatic heterocycles. The molecule has 2 aliphatic heterocycles. The molecule has 0 saturated carbocycles. The maximum absolute atomic E-state index is 13.4. The number of nitrogens with zero attached hydrogens (tertiary/aromatic N) is 4. The Kier molecular flexibility index (Phi) is 6.48. The highest BCUT2D eigenvalue weighted by atomic mass is 35.5. The van der Waals surface area contributed by atoms with Crippen molar-refractivity contribution in [1.29, 1.82) is 0 Å². The molecule has 3 heterocycles. The van der Waals surface area contributed by atoms with E-state index in [1.165, 1.54) is 22.7 Å². The number of carbonyl (C=O) groups is 2. The number of aromatic nitrogens is 1. The standard InChI is InChI=1S/C26H26ClFN4O2/c27-18-4-6-20-22(16-18)29-9-8-23(20)31-14-12-30(13-15-31)10-2-1-3-11-32-24-7-5-19(28)17-21(24)25(33)26(32)34/h4-9,16-17H,1-3,10-15H2. The van der Waals surface area contributed by atoms with Gasteiger partial charge in [0.25, 0.3) is 11.7 Å². The van der Waals surface area contributed by atoms with Crippen LogP contribution in [0, 0.1) is 5.82 Å². The zero-order chi connectivity index (χ0) is 23.7. The molecule has 1 amide bonds. The molecule has 6 nitrogen and oxygen atoms in total. The second kappa shape index (κ2) is 9.68. The van der Waals surface area contributed by atoms with Gasteiger partial charge in [-0.2, -0.15) is 0 Å². The Morgan fingerprint density at radius 2 is 1.68 bits per heavy atom. The van der Waals surface area contributed by atoms with Crippen molar-refractivity contribution in [3.8, 4) is 0 Å². The Balaban J connectivity index is 1.08. The summed E-state index contributed by atoms with van der Waals surface area (Å²) in [7, 11) is 0. The SMILES string of the molecule is O=C1C(=O)N(CCCCCN2CCN(c3ccnc4cc(Cl)ccc34)CC2)c2ccc(F)cc21. The summed E-state index contributed by atoms with van der Waals surface area (Å²) in [6.07, 6.45) is 4.64. The van der Waals surface area contributed by atoms with Crippen molar-refractivity contribution in [2.75, 3.05) is 49.1 Å². The van der Waals surface area contributed by atoms with Crippen LogP contribution in [0.1, 0.15) is 29.6 Å². The van der Waals surface area contributed by atoms with Crippen LogP contribution in [-0.2, 0) is 4.79 Å². The highest BCUT2D eigenvalue weighted by molar-refractivity contribution is 6.52. The van der Waals surface area contributed by atoms with Crippen LogP contribution in [0.25, 0.3) is 10.9 Å². The number of ketones is 1. The van der Waals surface area contributed by atoms with Crippen LogP contribution in [0.2, 0.25) is 5.02 Å². The van der Waals surface area contributed by atoms with Crippen molar-refractivity contribution in [3.05, 3.63) is 65.1 Å². The first-order valence-corrected chi connectivity index (χ1v) is 12.1. The normalized spacial score (nSPS) is 16.5. The predicted molar refractivity (Wildman–Crippen MR) is 132 cm³/mol. The van der Waals surface area contributed by atoms with E-state index in [-0.39, 0.29) is 5.56 Å². The summed E-state index contributed by atoms with van der Waals surface area (Å²) in [5.74, 6) is -1.66. The third-order valence-electron chi connectivity index (χ3n) is 6.68. The molecule has 0 bridgehead atoms. The second-order valence-corrected chi connectivity index (χ2v) is 9.26. The summed E-state index contributed by atoms with van der Waals surface area (Å²) in [5, 5.41) is 1.82. The van der Waals surface area contributed by atoms with Crippen LogP contribution < -0.4 is 9.80 Å². The number of rotatable bonds is 7. The number of piperazine rings is 1. The lowest BCUT2D eigenvalue weighted by atomic mass is 10.1. The summed E-state index contributed by atoms with van der Waals surface area (Å²) >= 11 is 6.12. The molecule has 0 unspecified atom stereocenters. The van der Waals surface area contributed by atoms with Crippen LogP contribution in [-0.4, -0.2) is 60.8 Å². The molecule has 3 aromatic rings. The van der Waals surface area contributed by atoms with Gasteiger partial charge in [0.1, 0.15) is 5.82 Å². The number of Topliss-reactive ketones (excluding diaryl/α,β-unsaturated/α-hetero) is 1. The Morgan fingerprint density at radius 1 is 0.882 bits per heavy atom. The van der Waals surface area contributed by atoms with Gasteiger partial charge in [-0.3, -0.25) is 19.5 Å². The van der Waals surface area contributed by atoms with Crippen LogP contribution in [0.15, 0.2) is 48.7 Å². The Labute approximate surface area is 202 Å². The largest absolute Gasteiger partial charge is 0.368 e. The Morgan fingerprint density at radius 3 is 2.50 bits per heavy atom. The molecule has 1 saturated heterocycles. The highest BCUT2D eigenvalue weighted by Crippen LogP contribution is 2.30. The molecule has 8 heteroatoms. The van der Waals surface area contributed by atoms with Gasteiger partial charge < -0.3 is 9.80 Å². The lowest BCUT2D eigenvalue weighted by molar-refractivity contribution is -0.114. The first-order valence-electron chi connectivity index (χ1n) is 11.7. The molecule has 1 fully saturated rings. The lowest BCUT2D eigenvalue weighted by Crippen LogP contribution is -2.46. The smallest absolute Gasteiger partial charge is 0.299 e. The second-order valence-electron chi connectivity index (χ2n) is 8.83. The third-order valence-corrected chi connectivity index (χ3v) is 6.92. The minimum Gasteiger partial charge on any atom is -0.368 e. The molecule has 0 spiro atoms. The number of unbranched alkanes of at least 4 members (excludes halogenated alkanes) is 2. The number of carbonyl (C=O) groups excluding carboxylic acids is 2. The summed E-state index contributed by atoms with van der Waals surface area (Å²) in [4.78, 5) is 35.2. The van der Waals surface area contributed by atoms with Crippen molar-refractivity contribution in [2.45, 2.75) is 19.3 Å². The van der Waals surface area contributed by atoms with E-state index in [1.54, 1.807) is 0 Å². The minimum atomic E-state index is -0.613. The fourth-order valence-electron chi connectivity index (χ4n) is 4.87. The van der Waals surface area contributed by atoms with E-state index in [2.05, 4.69) is 20.9 Å². The van der Waals surface area contributed by atoms with Crippen LogP contribution in [0.4, 0.5) is 15.8 Å². The van der Waals surface area contributed by atoms with Gasteiger partial charge >= 0.3 is 0 Å². The summed E-state index contributed by atoms with van der Waals surface area (Å²) < 4.78 is 13.4. The number of fused-ring (bicyclic) bond motifs is 2. The quantitative estimate of drug-likeness (QED) is 0.367. The number of pyridine rings is 1. The highest BCUT2D eigenvalue weighted by Gasteiger charge is 2.35. The molecular formula is C26H26ClFN4O2. The van der Waals surface area contributed by atoms with Gasteiger partial charge in [-0.1, -0.05) is 18.0 Å². The first kappa shape index (κ1) is 22.7. The number of benzene rings is 2. The molecule has 0 aliphatic carbocycles. The summed E-state index contributed by atoms with van der Waals surface area (Å²) in [6, 6.07) is 11.9. The lowest BCUT2D eigenvalue weighted by Gasteiger charge is -2.36. The maximum Gasteiger partial charge on any atom is 0.299 e. The molecule has 0 atom stereocenters. The zero-order valence-electron chi connectivity index (χ0n) is 18.8. The molecular weight excluding hydrogens is 455 g/mol. The van der Waals surface area contributed by atoms with Crippen molar-refractivity contribution >= 4 is 45.6 Å². The molecule has 176 valence electrons. The van der Waals surface area contributed by atoms with Crippen molar-refractivity contribution in [3.63, 3.8) is 0 Å². The molecule has 0 N–H and O–H groups in total. The van der Waals surface area contributed by atoms with Gasteiger partial charge in [0, 0.05) is 55.0 Å². The number of hydrogen-bond acceptors (Lipinski definition) is 5. The first-order chi connectivity index (χ1) is 16.5. The predicted octanol–water partition coefficient (Wildman–Crippen LogP) is 4.55. The average Bonchev–Trinajstić information content (AvgIpc) is 3.08. The van der Waals surface area contributed by atoms with Crippen molar-refractivity contribution < 1.29 is 14.0 Å². The molecule has 34 heavy (non-hydrogen) atoms. The average molecular weight is 481 g/mol.